The molecule has 1 amide bonds. The molecule has 8 heteroatoms. The molecule has 146 valence electrons. The lowest BCUT2D eigenvalue weighted by atomic mass is 10.0. The molecule has 0 bridgehead atoms. The Labute approximate surface area is 177 Å². The third-order valence-corrected chi connectivity index (χ3v) is 6.00. The standard InChI is InChI=1S/C21H19N5OS2/c1-14-8-9-15(2)17(10-14)18-11-28-20(23-18)24-19(27)12-29-21-25-22-13-26(21)16-6-4-3-5-7-16/h3-11,13H,12H2,1-2H3,(H,23,24,27). The maximum absolute atomic E-state index is 12.4. The van der Waals surface area contributed by atoms with Crippen LogP contribution in [0.25, 0.3) is 16.9 Å². The van der Waals surface area contributed by atoms with Crippen LogP contribution in [0, 0.1) is 13.8 Å². The summed E-state index contributed by atoms with van der Waals surface area (Å²) < 4.78 is 1.86. The number of rotatable bonds is 6. The third kappa shape index (κ3) is 4.55. The number of carbonyl (C=O) groups is 1. The Balaban J connectivity index is 1.40. The van der Waals surface area contributed by atoms with Crippen molar-refractivity contribution < 1.29 is 4.79 Å². The lowest BCUT2D eigenvalue weighted by molar-refractivity contribution is -0.113. The van der Waals surface area contributed by atoms with Crippen molar-refractivity contribution in [2.75, 3.05) is 11.1 Å². The van der Waals surface area contributed by atoms with Crippen LogP contribution in [0.3, 0.4) is 0 Å². The minimum Gasteiger partial charge on any atom is -0.301 e. The van der Waals surface area contributed by atoms with E-state index in [9.17, 15) is 4.79 Å². The lowest BCUT2D eigenvalue weighted by Gasteiger charge is -2.06. The van der Waals surface area contributed by atoms with E-state index in [4.69, 9.17) is 0 Å². The zero-order valence-corrected chi connectivity index (χ0v) is 17.6. The second-order valence-electron chi connectivity index (χ2n) is 6.51. The Bertz CT molecular complexity index is 1140. The van der Waals surface area contributed by atoms with E-state index in [0.717, 1.165) is 22.5 Å². The highest BCUT2D eigenvalue weighted by molar-refractivity contribution is 7.99. The fourth-order valence-electron chi connectivity index (χ4n) is 2.84. The van der Waals surface area contributed by atoms with Crippen LogP contribution in [0.5, 0.6) is 0 Å². The van der Waals surface area contributed by atoms with Gasteiger partial charge >= 0.3 is 0 Å². The first-order chi connectivity index (χ1) is 14.1. The smallest absolute Gasteiger partial charge is 0.236 e. The second kappa shape index (κ2) is 8.59. The highest BCUT2D eigenvalue weighted by Gasteiger charge is 2.13. The molecule has 0 aliphatic rings. The zero-order valence-electron chi connectivity index (χ0n) is 16.0. The van der Waals surface area contributed by atoms with Gasteiger partial charge in [-0.05, 0) is 37.6 Å². The van der Waals surface area contributed by atoms with Gasteiger partial charge in [-0.3, -0.25) is 9.36 Å². The topological polar surface area (TPSA) is 72.7 Å². The van der Waals surface area contributed by atoms with E-state index >= 15 is 0 Å². The SMILES string of the molecule is Cc1ccc(C)c(-c2csc(NC(=O)CSc3nncn3-c3ccccc3)n2)c1. The van der Waals surface area contributed by atoms with Crippen LogP contribution < -0.4 is 5.32 Å². The van der Waals surface area contributed by atoms with Crippen LogP contribution in [0.4, 0.5) is 5.13 Å². The molecule has 0 saturated heterocycles. The molecule has 0 spiro atoms. The lowest BCUT2D eigenvalue weighted by Crippen LogP contribution is -2.14. The van der Waals surface area contributed by atoms with E-state index in [2.05, 4.69) is 52.5 Å². The molecule has 0 radical (unpaired) electrons. The largest absolute Gasteiger partial charge is 0.301 e. The maximum atomic E-state index is 12.4. The number of nitrogens with one attached hydrogen (secondary N) is 1. The van der Waals surface area contributed by atoms with Crippen molar-refractivity contribution in [1.82, 2.24) is 19.7 Å². The summed E-state index contributed by atoms with van der Waals surface area (Å²) >= 11 is 2.76. The number of aryl methyl sites for hydroxylation is 2. The van der Waals surface area contributed by atoms with Crippen molar-refractivity contribution in [3.63, 3.8) is 0 Å². The van der Waals surface area contributed by atoms with Crippen molar-refractivity contribution in [3.8, 4) is 16.9 Å². The first-order valence-electron chi connectivity index (χ1n) is 9.01. The Hall–Kier alpha value is -2.97. The molecule has 0 saturated carbocycles. The molecule has 0 aliphatic heterocycles. The number of carbonyl (C=O) groups excluding carboxylic acids is 1. The summed E-state index contributed by atoms with van der Waals surface area (Å²) in [6, 6.07) is 16.1. The average Bonchev–Trinajstić information content (AvgIpc) is 3.38. The predicted molar refractivity (Wildman–Crippen MR) is 118 cm³/mol. The first-order valence-corrected chi connectivity index (χ1v) is 10.9. The number of nitrogens with zero attached hydrogens (tertiary/aromatic N) is 4. The van der Waals surface area contributed by atoms with E-state index in [1.807, 2.05) is 40.3 Å². The molecule has 0 fully saturated rings. The summed E-state index contributed by atoms with van der Waals surface area (Å²) in [5, 5.41) is 14.2. The molecular weight excluding hydrogens is 402 g/mol. The number of hydrogen-bond donors (Lipinski definition) is 1. The van der Waals surface area contributed by atoms with Crippen molar-refractivity contribution in [2.45, 2.75) is 19.0 Å². The van der Waals surface area contributed by atoms with Gasteiger partial charge in [0.2, 0.25) is 5.91 Å². The normalized spacial score (nSPS) is 10.8. The molecule has 4 rings (SSSR count). The van der Waals surface area contributed by atoms with Gasteiger partial charge in [-0.2, -0.15) is 0 Å². The van der Waals surface area contributed by atoms with E-state index < -0.39 is 0 Å². The number of thiazole rings is 1. The van der Waals surface area contributed by atoms with Crippen LogP contribution in [0.15, 0.2) is 65.4 Å². The van der Waals surface area contributed by atoms with Crippen molar-refractivity contribution in [3.05, 3.63) is 71.4 Å². The van der Waals surface area contributed by atoms with Crippen molar-refractivity contribution >= 4 is 34.1 Å². The highest BCUT2D eigenvalue weighted by Crippen LogP contribution is 2.28. The highest BCUT2D eigenvalue weighted by atomic mass is 32.2. The minimum absolute atomic E-state index is 0.125. The number of benzene rings is 2. The summed E-state index contributed by atoms with van der Waals surface area (Å²) in [5.74, 6) is 0.101. The molecule has 0 unspecified atom stereocenters. The van der Waals surface area contributed by atoms with E-state index in [0.29, 0.717) is 10.3 Å². The Morgan fingerprint density at radius 3 is 2.83 bits per heavy atom. The van der Waals surface area contributed by atoms with E-state index in [1.165, 1.54) is 28.7 Å². The molecule has 0 atom stereocenters. The summed E-state index contributed by atoms with van der Waals surface area (Å²) in [6.45, 7) is 4.12. The molecule has 6 nitrogen and oxygen atoms in total. The van der Waals surface area contributed by atoms with Gasteiger partial charge in [0.05, 0.1) is 11.4 Å². The van der Waals surface area contributed by atoms with Gasteiger partial charge in [0.15, 0.2) is 10.3 Å². The number of thioether (sulfide) groups is 1. The molecule has 2 heterocycles. The Morgan fingerprint density at radius 1 is 1.17 bits per heavy atom. The number of aromatic nitrogens is 4. The zero-order chi connectivity index (χ0) is 20.2. The van der Waals surface area contributed by atoms with Crippen LogP contribution in [0.2, 0.25) is 0 Å². The molecular formula is C21H19N5OS2. The summed E-state index contributed by atoms with van der Waals surface area (Å²) in [5.41, 5.74) is 5.27. The molecule has 2 aromatic heterocycles. The Kier molecular flexibility index (Phi) is 5.73. The average molecular weight is 422 g/mol. The van der Waals surface area contributed by atoms with Crippen molar-refractivity contribution in [2.24, 2.45) is 0 Å². The number of anilines is 1. The van der Waals surface area contributed by atoms with E-state index in [-0.39, 0.29) is 11.7 Å². The van der Waals surface area contributed by atoms with Gasteiger partial charge in [-0.1, -0.05) is 47.7 Å². The van der Waals surface area contributed by atoms with Gasteiger partial charge in [0.25, 0.3) is 0 Å². The van der Waals surface area contributed by atoms with Gasteiger partial charge < -0.3 is 5.32 Å². The molecule has 29 heavy (non-hydrogen) atoms. The number of para-hydroxylation sites is 1. The monoisotopic (exact) mass is 421 g/mol. The van der Waals surface area contributed by atoms with Crippen molar-refractivity contribution in [1.29, 1.82) is 0 Å². The summed E-state index contributed by atoms with van der Waals surface area (Å²) in [7, 11) is 0. The number of hydrogen-bond acceptors (Lipinski definition) is 6. The molecule has 1 N–H and O–H groups in total. The maximum Gasteiger partial charge on any atom is 0.236 e. The second-order valence-corrected chi connectivity index (χ2v) is 8.31. The Morgan fingerprint density at radius 2 is 2.00 bits per heavy atom. The van der Waals surface area contributed by atoms with Gasteiger partial charge in [-0.25, -0.2) is 4.98 Å². The van der Waals surface area contributed by atoms with Gasteiger partial charge in [0, 0.05) is 16.6 Å². The molecule has 0 aliphatic carbocycles. The van der Waals surface area contributed by atoms with Crippen LogP contribution in [0.1, 0.15) is 11.1 Å². The summed E-state index contributed by atoms with van der Waals surface area (Å²) in [6.07, 6.45) is 1.65. The molecule has 4 aromatic rings. The van der Waals surface area contributed by atoms with E-state index in [1.54, 1.807) is 6.33 Å². The third-order valence-electron chi connectivity index (χ3n) is 4.30. The number of amides is 1. The fourth-order valence-corrected chi connectivity index (χ4v) is 4.30. The summed E-state index contributed by atoms with van der Waals surface area (Å²) in [4.78, 5) is 17.0. The van der Waals surface area contributed by atoms with Gasteiger partial charge in [-0.15, -0.1) is 21.5 Å². The quantitative estimate of drug-likeness (QED) is 0.455. The van der Waals surface area contributed by atoms with Crippen LogP contribution >= 0.6 is 23.1 Å². The first kappa shape index (κ1) is 19.4. The molecule has 2 aromatic carbocycles. The van der Waals surface area contributed by atoms with Crippen LogP contribution in [-0.4, -0.2) is 31.4 Å². The van der Waals surface area contributed by atoms with Crippen LogP contribution in [-0.2, 0) is 4.79 Å². The fraction of sp³-hybridized carbons (Fsp3) is 0.143. The van der Waals surface area contributed by atoms with Gasteiger partial charge in [0.1, 0.15) is 6.33 Å². The predicted octanol–water partition coefficient (Wildman–Crippen LogP) is 4.74. The minimum atomic E-state index is -0.125.